The van der Waals surface area contributed by atoms with E-state index in [9.17, 15) is 9.00 Å². The van der Waals surface area contributed by atoms with Crippen LogP contribution in [0.1, 0.15) is 28.8 Å². The summed E-state index contributed by atoms with van der Waals surface area (Å²) < 4.78 is 11.3. The van der Waals surface area contributed by atoms with E-state index >= 15 is 0 Å². The van der Waals surface area contributed by atoms with Gasteiger partial charge in [-0.05, 0) is 30.5 Å². The molecule has 1 aromatic carbocycles. The Kier molecular flexibility index (Phi) is 4.96. The van der Waals surface area contributed by atoms with E-state index < -0.39 is 16.7 Å². The van der Waals surface area contributed by atoms with Gasteiger partial charge >= 0.3 is 0 Å². The molecule has 0 aliphatic carbocycles. The van der Waals surface area contributed by atoms with Crippen molar-refractivity contribution in [3.63, 3.8) is 0 Å². The molecule has 1 aliphatic rings. The van der Waals surface area contributed by atoms with Crippen molar-refractivity contribution < 1.29 is 9.00 Å². The Hall–Kier alpha value is -0.910. The molecule has 0 bridgehead atoms. The maximum Gasteiger partial charge on any atom is 0.248 e. The maximum atomic E-state index is 11.3. The molecule has 1 fully saturated rings. The fraction of sp³-hybridized carbons (Fsp3) is 0.462. The number of amides is 1. The highest BCUT2D eigenvalue weighted by Crippen LogP contribution is 2.18. The summed E-state index contributed by atoms with van der Waals surface area (Å²) in [5.41, 5.74) is 6.56. The molecule has 3 N–H and O–H groups in total. The summed E-state index contributed by atoms with van der Waals surface area (Å²) >= 11 is 6.12. The van der Waals surface area contributed by atoms with Crippen LogP contribution < -0.4 is 11.1 Å². The summed E-state index contributed by atoms with van der Waals surface area (Å²) in [4.78, 5) is 11.0. The quantitative estimate of drug-likeness (QED) is 0.884. The third kappa shape index (κ3) is 4.03. The molecule has 0 spiro atoms. The number of carbonyl (C=O) groups is 1. The van der Waals surface area contributed by atoms with Crippen LogP contribution in [0.25, 0.3) is 0 Å². The van der Waals surface area contributed by atoms with Gasteiger partial charge in [-0.1, -0.05) is 17.7 Å². The molecule has 0 atom stereocenters. The Labute approximate surface area is 120 Å². The van der Waals surface area contributed by atoms with Crippen molar-refractivity contribution in [3.05, 3.63) is 34.3 Å². The first kappa shape index (κ1) is 14.5. The number of halogens is 1. The van der Waals surface area contributed by atoms with E-state index in [4.69, 9.17) is 17.3 Å². The number of hydrogen-bond acceptors (Lipinski definition) is 3. The Morgan fingerprint density at radius 3 is 2.68 bits per heavy atom. The Balaban J connectivity index is 1.92. The third-order valence-corrected chi connectivity index (χ3v) is 5.04. The molecule has 19 heavy (non-hydrogen) atoms. The summed E-state index contributed by atoms with van der Waals surface area (Å²) in [6.45, 7) is 0.648. The second-order valence-electron chi connectivity index (χ2n) is 4.67. The maximum absolute atomic E-state index is 11.3. The molecule has 1 heterocycles. The van der Waals surface area contributed by atoms with Crippen LogP contribution in [0.4, 0.5) is 0 Å². The zero-order chi connectivity index (χ0) is 13.8. The molecule has 4 nitrogen and oxygen atoms in total. The van der Waals surface area contributed by atoms with Gasteiger partial charge in [0.1, 0.15) is 0 Å². The number of primary amides is 1. The van der Waals surface area contributed by atoms with Crippen molar-refractivity contribution in [2.24, 2.45) is 5.73 Å². The van der Waals surface area contributed by atoms with Gasteiger partial charge in [0.05, 0.1) is 0 Å². The van der Waals surface area contributed by atoms with Crippen molar-refractivity contribution in [2.75, 3.05) is 11.5 Å². The van der Waals surface area contributed by atoms with Crippen LogP contribution in [0.15, 0.2) is 18.2 Å². The lowest BCUT2D eigenvalue weighted by molar-refractivity contribution is 0.100. The SMILES string of the molecule is NC(=O)c1ccc(CNC2CCS(=O)CC2)c(Cl)c1. The van der Waals surface area contributed by atoms with Gasteiger partial charge in [-0.15, -0.1) is 0 Å². The lowest BCUT2D eigenvalue weighted by atomic mass is 10.1. The Bertz CT molecular complexity index is 497. The van der Waals surface area contributed by atoms with Gasteiger partial charge in [-0.3, -0.25) is 9.00 Å². The first-order chi connectivity index (χ1) is 9.06. The van der Waals surface area contributed by atoms with E-state index in [0.717, 1.165) is 29.9 Å². The molecule has 6 heteroatoms. The molecular formula is C13H17ClN2O2S. The number of carbonyl (C=O) groups excluding carboxylic acids is 1. The van der Waals surface area contributed by atoms with Crippen molar-refractivity contribution in [2.45, 2.75) is 25.4 Å². The van der Waals surface area contributed by atoms with E-state index in [1.807, 2.05) is 6.07 Å². The number of nitrogens with two attached hydrogens (primary N) is 1. The number of benzene rings is 1. The molecule has 1 saturated heterocycles. The van der Waals surface area contributed by atoms with Crippen LogP contribution >= 0.6 is 11.6 Å². The highest BCUT2D eigenvalue weighted by molar-refractivity contribution is 7.85. The normalized spacial score (nSPS) is 23.2. The van der Waals surface area contributed by atoms with Crippen LogP contribution in [0.3, 0.4) is 0 Å². The van der Waals surface area contributed by atoms with Gasteiger partial charge in [0, 0.05) is 45.5 Å². The molecule has 1 amide bonds. The lowest BCUT2D eigenvalue weighted by Crippen LogP contribution is -2.35. The highest BCUT2D eigenvalue weighted by Gasteiger charge is 2.17. The predicted molar refractivity (Wildman–Crippen MR) is 77.7 cm³/mol. The van der Waals surface area contributed by atoms with Gasteiger partial charge in [0.15, 0.2) is 0 Å². The molecule has 0 aromatic heterocycles. The topological polar surface area (TPSA) is 72.2 Å². The summed E-state index contributed by atoms with van der Waals surface area (Å²) in [5.74, 6) is 1.06. The number of hydrogen-bond donors (Lipinski definition) is 2. The Morgan fingerprint density at radius 2 is 2.11 bits per heavy atom. The van der Waals surface area contributed by atoms with Crippen LogP contribution in [-0.2, 0) is 17.3 Å². The van der Waals surface area contributed by atoms with E-state index in [2.05, 4.69) is 5.32 Å². The van der Waals surface area contributed by atoms with Crippen LogP contribution in [0.5, 0.6) is 0 Å². The minimum Gasteiger partial charge on any atom is -0.366 e. The van der Waals surface area contributed by atoms with Crippen molar-refractivity contribution in [1.29, 1.82) is 0 Å². The summed E-state index contributed by atoms with van der Waals surface area (Å²) in [5, 5.41) is 3.96. The smallest absolute Gasteiger partial charge is 0.248 e. The van der Waals surface area contributed by atoms with Crippen molar-refractivity contribution in [3.8, 4) is 0 Å². The van der Waals surface area contributed by atoms with E-state index in [-0.39, 0.29) is 0 Å². The molecule has 0 radical (unpaired) electrons. The monoisotopic (exact) mass is 300 g/mol. The van der Waals surface area contributed by atoms with Gasteiger partial charge in [-0.2, -0.15) is 0 Å². The highest BCUT2D eigenvalue weighted by atomic mass is 35.5. The van der Waals surface area contributed by atoms with Crippen LogP contribution in [-0.4, -0.2) is 27.7 Å². The average molecular weight is 301 g/mol. The summed E-state index contributed by atoms with van der Waals surface area (Å²) in [7, 11) is -0.639. The van der Waals surface area contributed by atoms with Gasteiger partial charge < -0.3 is 11.1 Å². The van der Waals surface area contributed by atoms with Crippen molar-refractivity contribution >= 4 is 28.3 Å². The van der Waals surface area contributed by atoms with E-state index in [1.54, 1.807) is 12.1 Å². The molecule has 0 saturated carbocycles. The molecule has 0 unspecified atom stereocenters. The standard InChI is InChI=1S/C13H17ClN2O2S/c14-12-7-9(13(15)17)1-2-10(12)8-16-11-3-5-19(18)6-4-11/h1-2,7,11,16H,3-6,8H2,(H2,15,17). The molecule has 104 valence electrons. The van der Waals surface area contributed by atoms with E-state index in [0.29, 0.717) is 23.2 Å². The van der Waals surface area contributed by atoms with Crippen molar-refractivity contribution in [1.82, 2.24) is 5.32 Å². The second-order valence-corrected chi connectivity index (χ2v) is 6.78. The average Bonchev–Trinajstić information content (AvgIpc) is 2.39. The second kappa shape index (κ2) is 6.50. The Morgan fingerprint density at radius 1 is 1.42 bits per heavy atom. The summed E-state index contributed by atoms with van der Waals surface area (Å²) in [6.07, 6.45) is 1.87. The molecule has 1 aliphatic heterocycles. The molecule has 1 aromatic rings. The zero-order valence-electron chi connectivity index (χ0n) is 10.5. The van der Waals surface area contributed by atoms with Gasteiger partial charge in [-0.25, -0.2) is 0 Å². The van der Waals surface area contributed by atoms with Crippen LogP contribution in [0, 0.1) is 0 Å². The first-order valence-corrected chi connectivity index (χ1v) is 8.09. The summed E-state index contributed by atoms with van der Waals surface area (Å²) in [6, 6.07) is 5.48. The fourth-order valence-corrected chi connectivity index (χ4v) is 3.64. The minimum atomic E-state index is -0.639. The molecular weight excluding hydrogens is 284 g/mol. The minimum absolute atomic E-state index is 0.393. The fourth-order valence-electron chi connectivity index (χ4n) is 2.10. The third-order valence-electron chi connectivity index (χ3n) is 3.31. The largest absolute Gasteiger partial charge is 0.366 e. The zero-order valence-corrected chi connectivity index (χ0v) is 12.1. The van der Waals surface area contributed by atoms with Gasteiger partial charge in [0.25, 0.3) is 0 Å². The molecule has 2 rings (SSSR count). The first-order valence-electron chi connectivity index (χ1n) is 6.23. The lowest BCUT2D eigenvalue weighted by Gasteiger charge is -2.22. The number of nitrogens with one attached hydrogen (secondary N) is 1. The number of rotatable bonds is 4. The van der Waals surface area contributed by atoms with Gasteiger partial charge in [0.2, 0.25) is 5.91 Å². The van der Waals surface area contributed by atoms with E-state index in [1.165, 1.54) is 0 Å². The van der Waals surface area contributed by atoms with Crippen LogP contribution in [0.2, 0.25) is 5.02 Å². The predicted octanol–water partition coefficient (Wildman–Crippen LogP) is 1.44.